The molecule has 6 heteroatoms. The number of aryl methyl sites for hydroxylation is 1. The van der Waals surface area contributed by atoms with E-state index in [0.717, 1.165) is 0 Å². The Morgan fingerprint density at radius 2 is 1.71 bits per heavy atom. The maximum absolute atomic E-state index is 12.1. The van der Waals surface area contributed by atoms with Crippen molar-refractivity contribution in [2.45, 2.75) is 26.2 Å². The lowest BCUT2D eigenvalue weighted by atomic mass is 10.2. The van der Waals surface area contributed by atoms with Crippen LogP contribution in [0.1, 0.15) is 18.3 Å². The molecule has 0 atom stereocenters. The standard InChI is InChI=1S/C8H8Cl2F2N2/c1-2-6-13-7(9)4(3-5(11)12)8(10)14-6/h5H,2-3H2,1H3. The van der Waals surface area contributed by atoms with E-state index in [-0.39, 0.29) is 15.9 Å². The Labute approximate surface area is 90.3 Å². The first-order chi connectivity index (χ1) is 6.54. The SMILES string of the molecule is CCc1nc(Cl)c(CC(F)F)c(Cl)n1. The number of hydrogen-bond acceptors (Lipinski definition) is 2. The van der Waals surface area contributed by atoms with Gasteiger partial charge in [-0.1, -0.05) is 30.1 Å². The summed E-state index contributed by atoms with van der Waals surface area (Å²) < 4.78 is 24.2. The fourth-order valence-electron chi connectivity index (χ4n) is 0.953. The summed E-state index contributed by atoms with van der Waals surface area (Å²) in [5.74, 6) is 0.456. The number of hydrogen-bond donors (Lipinski definition) is 0. The summed E-state index contributed by atoms with van der Waals surface area (Å²) >= 11 is 11.4. The minimum absolute atomic E-state index is 0.0159. The van der Waals surface area contributed by atoms with E-state index in [0.29, 0.717) is 12.2 Å². The summed E-state index contributed by atoms with van der Waals surface area (Å²) in [7, 11) is 0. The van der Waals surface area contributed by atoms with Gasteiger partial charge in [0, 0.05) is 18.4 Å². The normalized spacial score (nSPS) is 11.0. The van der Waals surface area contributed by atoms with Crippen LogP contribution in [0.25, 0.3) is 0 Å². The lowest BCUT2D eigenvalue weighted by Gasteiger charge is -2.06. The quantitative estimate of drug-likeness (QED) is 0.759. The molecule has 1 aromatic heterocycles. The Hall–Kier alpha value is -0.480. The lowest BCUT2D eigenvalue weighted by molar-refractivity contribution is 0.149. The summed E-state index contributed by atoms with van der Waals surface area (Å²) in [5.41, 5.74) is 0.112. The highest BCUT2D eigenvalue weighted by Crippen LogP contribution is 2.23. The zero-order valence-corrected chi connectivity index (χ0v) is 8.91. The summed E-state index contributed by atoms with van der Waals surface area (Å²) in [6, 6.07) is 0. The third-order valence-corrected chi connectivity index (χ3v) is 2.25. The minimum atomic E-state index is -2.50. The topological polar surface area (TPSA) is 25.8 Å². The molecule has 0 spiro atoms. The minimum Gasteiger partial charge on any atom is -0.221 e. The predicted octanol–water partition coefficient (Wildman–Crippen LogP) is 3.15. The Kier molecular flexibility index (Phi) is 4.01. The second kappa shape index (κ2) is 4.84. The van der Waals surface area contributed by atoms with E-state index in [1.807, 2.05) is 6.92 Å². The molecule has 0 N–H and O–H groups in total. The number of nitrogens with zero attached hydrogens (tertiary/aromatic N) is 2. The first-order valence-corrected chi connectivity index (χ1v) is 4.79. The Morgan fingerprint density at radius 1 is 1.21 bits per heavy atom. The van der Waals surface area contributed by atoms with E-state index in [1.54, 1.807) is 0 Å². The molecule has 1 aromatic rings. The highest BCUT2D eigenvalue weighted by molar-refractivity contribution is 6.34. The first kappa shape index (κ1) is 11.6. The molecule has 0 fully saturated rings. The van der Waals surface area contributed by atoms with Crippen molar-refractivity contribution in [1.29, 1.82) is 0 Å². The van der Waals surface area contributed by atoms with E-state index >= 15 is 0 Å². The van der Waals surface area contributed by atoms with Gasteiger partial charge in [-0.15, -0.1) is 0 Å². The number of alkyl halides is 2. The van der Waals surface area contributed by atoms with Crippen LogP contribution in [0.15, 0.2) is 0 Å². The highest BCUT2D eigenvalue weighted by Gasteiger charge is 2.15. The van der Waals surface area contributed by atoms with Gasteiger partial charge in [-0.2, -0.15) is 0 Å². The number of rotatable bonds is 3. The highest BCUT2D eigenvalue weighted by atomic mass is 35.5. The van der Waals surface area contributed by atoms with Crippen LogP contribution >= 0.6 is 23.2 Å². The largest absolute Gasteiger partial charge is 0.242 e. The third-order valence-electron chi connectivity index (χ3n) is 1.63. The molecule has 1 heterocycles. The van der Waals surface area contributed by atoms with Gasteiger partial charge in [-0.25, -0.2) is 18.7 Å². The van der Waals surface area contributed by atoms with Crippen LogP contribution in [0.5, 0.6) is 0 Å². The van der Waals surface area contributed by atoms with Crippen molar-refractivity contribution in [3.8, 4) is 0 Å². The van der Waals surface area contributed by atoms with E-state index < -0.39 is 12.8 Å². The van der Waals surface area contributed by atoms with Gasteiger partial charge in [0.2, 0.25) is 6.43 Å². The second-order valence-corrected chi connectivity index (χ2v) is 3.36. The van der Waals surface area contributed by atoms with Crippen LogP contribution in [0, 0.1) is 0 Å². The average Bonchev–Trinajstić information content (AvgIpc) is 2.10. The first-order valence-electron chi connectivity index (χ1n) is 4.03. The van der Waals surface area contributed by atoms with Gasteiger partial charge >= 0.3 is 0 Å². The molecule has 78 valence electrons. The van der Waals surface area contributed by atoms with E-state index in [4.69, 9.17) is 23.2 Å². The van der Waals surface area contributed by atoms with Crippen LogP contribution < -0.4 is 0 Å². The molecule has 0 aliphatic heterocycles. The second-order valence-electron chi connectivity index (χ2n) is 2.65. The van der Waals surface area contributed by atoms with Crippen molar-refractivity contribution in [1.82, 2.24) is 9.97 Å². The Bertz CT molecular complexity index is 308. The molecule has 0 aliphatic rings. The monoisotopic (exact) mass is 240 g/mol. The number of aromatic nitrogens is 2. The Balaban J connectivity index is 3.05. The molecule has 0 aromatic carbocycles. The molecule has 0 aliphatic carbocycles. The summed E-state index contributed by atoms with van der Waals surface area (Å²) in [6.07, 6.45) is -2.45. The number of halogens is 4. The fraction of sp³-hybridized carbons (Fsp3) is 0.500. The molecule has 0 amide bonds. The van der Waals surface area contributed by atoms with Gasteiger partial charge in [-0.3, -0.25) is 0 Å². The van der Waals surface area contributed by atoms with Crippen LogP contribution in [0.4, 0.5) is 8.78 Å². The van der Waals surface area contributed by atoms with Crippen molar-refractivity contribution >= 4 is 23.2 Å². The van der Waals surface area contributed by atoms with Crippen molar-refractivity contribution in [3.63, 3.8) is 0 Å². The van der Waals surface area contributed by atoms with Crippen LogP contribution in [-0.2, 0) is 12.8 Å². The maximum atomic E-state index is 12.1. The maximum Gasteiger partial charge on any atom is 0.242 e. The molecular formula is C8H8Cl2F2N2. The zero-order chi connectivity index (χ0) is 10.7. The van der Waals surface area contributed by atoms with Gasteiger partial charge in [0.15, 0.2) is 0 Å². The molecule has 0 saturated carbocycles. The zero-order valence-electron chi connectivity index (χ0n) is 7.40. The van der Waals surface area contributed by atoms with Crippen molar-refractivity contribution in [2.24, 2.45) is 0 Å². The van der Waals surface area contributed by atoms with Crippen molar-refractivity contribution in [3.05, 3.63) is 21.7 Å². The van der Waals surface area contributed by atoms with Crippen LogP contribution in [-0.4, -0.2) is 16.4 Å². The van der Waals surface area contributed by atoms with Gasteiger partial charge in [0.25, 0.3) is 0 Å². The fourth-order valence-corrected chi connectivity index (χ4v) is 1.53. The summed E-state index contributed by atoms with van der Waals surface area (Å²) in [4.78, 5) is 7.68. The van der Waals surface area contributed by atoms with Crippen LogP contribution in [0.3, 0.4) is 0 Å². The van der Waals surface area contributed by atoms with Crippen molar-refractivity contribution in [2.75, 3.05) is 0 Å². The van der Waals surface area contributed by atoms with Gasteiger partial charge in [0.1, 0.15) is 16.1 Å². The molecule has 14 heavy (non-hydrogen) atoms. The average molecular weight is 241 g/mol. The predicted molar refractivity (Wildman–Crippen MR) is 51.1 cm³/mol. The molecule has 1 rings (SSSR count). The summed E-state index contributed by atoms with van der Waals surface area (Å²) in [5, 5.41) is 0.0318. The lowest BCUT2D eigenvalue weighted by Crippen LogP contribution is -2.04. The van der Waals surface area contributed by atoms with E-state index in [9.17, 15) is 8.78 Å². The molecule has 0 radical (unpaired) electrons. The van der Waals surface area contributed by atoms with E-state index in [2.05, 4.69) is 9.97 Å². The third kappa shape index (κ3) is 2.75. The molecular weight excluding hydrogens is 233 g/mol. The van der Waals surface area contributed by atoms with E-state index in [1.165, 1.54) is 0 Å². The van der Waals surface area contributed by atoms with Gasteiger partial charge < -0.3 is 0 Å². The van der Waals surface area contributed by atoms with Gasteiger partial charge in [0.05, 0.1) is 0 Å². The van der Waals surface area contributed by atoms with Crippen molar-refractivity contribution < 1.29 is 8.78 Å². The summed E-state index contributed by atoms with van der Waals surface area (Å²) in [6.45, 7) is 1.83. The Morgan fingerprint density at radius 3 is 2.07 bits per heavy atom. The smallest absolute Gasteiger partial charge is 0.221 e. The van der Waals surface area contributed by atoms with Crippen LogP contribution in [0.2, 0.25) is 10.3 Å². The molecule has 2 nitrogen and oxygen atoms in total. The molecule has 0 unspecified atom stereocenters. The molecule has 0 bridgehead atoms. The molecule has 0 saturated heterocycles. The van der Waals surface area contributed by atoms with Gasteiger partial charge in [-0.05, 0) is 0 Å².